The summed E-state index contributed by atoms with van der Waals surface area (Å²) < 4.78 is 22.7. The summed E-state index contributed by atoms with van der Waals surface area (Å²) in [4.78, 5) is 52.6. The monoisotopic (exact) mass is 787 g/mol. The Hall–Kier alpha value is -6.36. The first-order chi connectivity index (χ1) is 27.6. The second kappa shape index (κ2) is 19.2. The minimum Gasteiger partial charge on any atom is -0.491 e. The van der Waals surface area contributed by atoms with E-state index in [9.17, 15) is 19.2 Å². The highest BCUT2D eigenvalue weighted by molar-refractivity contribution is 6.08. The van der Waals surface area contributed by atoms with Crippen LogP contribution in [0.4, 0.5) is 21.9 Å². The number of methoxy groups -OCH3 is 1. The molecule has 0 heterocycles. The lowest BCUT2D eigenvalue weighted by Crippen LogP contribution is -2.27. The molecule has 0 bridgehead atoms. The molecule has 0 atom stereocenters. The zero-order valence-corrected chi connectivity index (χ0v) is 34.5. The maximum absolute atomic E-state index is 13.9. The molecule has 0 aliphatic heterocycles. The van der Waals surface area contributed by atoms with Crippen molar-refractivity contribution in [2.24, 2.45) is 11.8 Å². The van der Waals surface area contributed by atoms with E-state index in [2.05, 4.69) is 29.8 Å². The molecule has 5 aromatic rings. The van der Waals surface area contributed by atoms with Gasteiger partial charge in [-0.2, -0.15) is 0 Å². The number of hydrogen-bond donors (Lipinski definition) is 3. The Labute approximate surface area is 340 Å². The molecule has 0 aliphatic rings. The summed E-state index contributed by atoms with van der Waals surface area (Å²) in [6, 6.07) is 28.6. The van der Waals surface area contributed by atoms with Gasteiger partial charge in [-0.1, -0.05) is 64.1 Å². The van der Waals surface area contributed by atoms with Gasteiger partial charge in [-0.25, -0.2) is 9.59 Å². The van der Waals surface area contributed by atoms with Crippen LogP contribution in [-0.2, 0) is 22.5 Å². The molecule has 304 valence electrons. The van der Waals surface area contributed by atoms with Crippen molar-refractivity contribution in [3.05, 3.63) is 125 Å². The average molecular weight is 788 g/mol. The second-order valence-electron chi connectivity index (χ2n) is 15.9. The van der Waals surface area contributed by atoms with Gasteiger partial charge in [0, 0.05) is 16.8 Å². The van der Waals surface area contributed by atoms with Crippen molar-refractivity contribution in [1.29, 1.82) is 0 Å². The molecule has 5 aromatic carbocycles. The molecule has 0 saturated heterocycles. The summed E-state index contributed by atoms with van der Waals surface area (Å²) in [6.45, 7) is 14.1. The van der Waals surface area contributed by atoms with E-state index in [-0.39, 0.29) is 29.4 Å². The number of benzene rings is 5. The quantitative estimate of drug-likeness (QED) is 0.0891. The molecule has 0 unspecified atom stereocenters. The number of carbonyl (C=O) groups excluding carboxylic acids is 4. The first kappa shape index (κ1) is 42.8. The van der Waals surface area contributed by atoms with Crippen molar-refractivity contribution >= 4 is 51.7 Å². The topological polar surface area (TPSA) is 141 Å². The highest BCUT2D eigenvalue weighted by Gasteiger charge is 2.21. The average Bonchev–Trinajstić information content (AvgIpc) is 3.18. The third kappa shape index (κ3) is 12.1. The molecule has 0 saturated carbocycles. The van der Waals surface area contributed by atoms with E-state index < -0.39 is 29.5 Å². The first-order valence-electron chi connectivity index (χ1n) is 19.4. The van der Waals surface area contributed by atoms with Crippen molar-refractivity contribution in [2.45, 2.75) is 73.5 Å². The van der Waals surface area contributed by atoms with E-state index in [1.54, 1.807) is 69.3 Å². The highest BCUT2D eigenvalue weighted by Crippen LogP contribution is 2.32. The smallest absolute Gasteiger partial charge is 0.412 e. The lowest BCUT2D eigenvalue weighted by molar-refractivity contribution is 0.0597. The van der Waals surface area contributed by atoms with Gasteiger partial charge in [-0.05, 0) is 128 Å². The molecule has 0 aromatic heterocycles. The van der Waals surface area contributed by atoms with Gasteiger partial charge in [0.1, 0.15) is 23.7 Å². The lowest BCUT2D eigenvalue weighted by atomic mass is 9.99. The van der Waals surface area contributed by atoms with Crippen LogP contribution in [0.2, 0.25) is 0 Å². The number of fused-ring (bicyclic) bond motifs is 1. The summed E-state index contributed by atoms with van der Waals surface area (Å²) in [6.07, 6.45) is 0.888. The molecule has 3 amide bonds. The van der Waals surface area contributed by atoms with Gasteiger partial charge < -0.3 is 29.6 Å². The molecule has 11 heteroatoms. The van der Waals surface area contributed by atoms with E-state index in [4.69, 9.17) is 18.9 Å². The van der Waals surface area contributed by atoms with Crippen LogP contribution in [0.3, 0.4) is 0 Å². The highest BCUT2D eigenvalue weighted by atomic mass is 16.6. The second-order valence-corrected chi connectivity index (χ2v) is 15.9. The van der Waals surface area contributed by atoms with E-state index in [0.29, 0.717) is 47.3 Å². The van der Waals surface area contributed by atoms with Gasteiger partial charge in [0.2, 0.25) is 0 Å². The number of hydrogen-bond acceptors (Lipinski definition) is 8. The van der Waals surface area contributed by atoms with Crippen molar-refractivity contribution in [3.63, 3.8) is 0 Å². The third-order valence-electron chi connectivity index (χ3n) is 8.92. The molecule has 0 aliphatic carbocycles. The molecular weight excluding hydrogens is 735 g/mol. The van der Waals surface area contributed by atoms with Crippen LogP contribution in [0.25, 0.3) is 10.8 Å². The van der Waals surface area contributed by atoms with E-state index >= 15 is 0 Å². The Bertz CT molecular complexity index is 2270. The molecule has 0 fully saturated rings. The predicted molar refractivity (Wildman–Crippen MR) is 228 cm³/mol. The van der Waals surface area contributed by atoms with Crippen LogP contribution in [0.15, 0.2) is 97.1 Å². The van der Waals surface area contributed by atoms with Crippen molar-refractivity contribution in [2.75, 3.05) is 29.7 Å². The van der Waals surface area contributed by atoms with E-state index in [0.717, 1.165) is 28.3 Å². The first-order valence-corrected chi connectivity index (χ1v) is 19.4. The Balaban J connectivity index is 1.44. The van der Waals surface area contributed by atoms with Crippen LogP contribution in [0.5, 0.6) is 11.5 Å². The number of amides is 3. The van der Waals surface area contributed by atoms with Crippen LogP contribution in [0.1, 0.15) is 97.1 Å². The number of rotatable bonds is 15. The number of carbonyl (C=O) groups is 4. The fourth-order valence-electron chi connectivity index (χ4n) is 5.93. The fraction of sp³-hybridized carbons (Fsp3) is 0.319. The fourth-order valence-corrected chi connectivity index (χ4v) is 5.93. The number of ether oxygens (including phenoxy) is 4. The van der Waals surface area contributed by atoms with Crippen LogP contribution in [0, 0.1) is 11.8 Å². The summed E-state index contributed by atoms with van der Waals surface area (Å²) in [5.74, 6) is -0.219. The summed E-state index contributed by atoms with van der Waals surface area (Å²) in [5.41, 5.74) is 3.22. The van der Waals surface area contributed by atoms with Crippen LogP contribution in [-0.4, -0.2) is 43.2 Å². The van der Waals surface area contributed by atoms with Gasteiger partial charge in [-0.15, -0.1) is 0 Å². The summed E-state index contributed by atoms with van der Waals surface area (Å²) >= 11 is 0. The summed E-state index contributed by atoms with van der Waals surface area (Å²) in [5, 5.41) is 10.9. The van der Waals surface area contributed by atoms with E-state index in [1.807, 2.05) is 56.3 Å². The van der Waals surface area contributed by atoms with Gasteiger partial charge >= 0.3 is 12.1 Å². The Morgan fingerprint density at radius 2 is 1.21 bits per heavy atom. The Morgan fingerprint density at radius 1 is 0.621 bits per heavy atom. The van der Waals surface area contributed by atoms with E-state index in [1.165, 1.54) is 13.2 Å². The van der Waals surface area contributed by atoms with Crippen molar-refractivity contribution in [3.8, 4) is 11.5 Å². The van der Waals surface area contributed by atoms with Crippen LogP contribution >= 0.6 is 0 Å². The summed E-state index contributed by atoms with van der Waals surface area (Å²) in [7, 11) is 1.30. The third-order valence-corrected chi connectivity index (χ3v) is 8.92. The Morgan fingerprint density at radius 3 is 1.83 bits per heavy atom. The number of esters is 1. The minimum absolute atomic E-state index is 0.158. The maximum atomic E-state index is 13.9. The SMILES string of the molecule is COC(=O)c1ccc(NC(=O)c2ccc(NC(=O)c3ccc(NC(=O)OC(C)(C)C)c(CCC(C)C)c3)c(OCc3ccc4ccccc4c3)c2)c(OCC(C)C)c1. The maximum Gasteiger partial charge on any atom is 0.412 e. The molecule has 58 heavy (non-hydrogen) atoms. The molecule has 0 radical (unpaired) electrons. The van der Waals surface area contributed by atoms with Gasteiger partial charge in [0.15, 0.2) is 0 Å². The van der Waals surface area contributed by atoms with Crippen molar-refractivity contribution in [1.82, 2.24) is 0 Å². The standard InChI is InChI=1S/C47H53N3O8/c1-29(2)13-15-34-24-35(17-20-38(34)50-46(54)58-47(5,6)7)43(51)48-39-21-18-36(25-41(39)57-28-31-14-16-32-11-9-10-12-33(32)23-31)44(52)49-40-22-19-37(45(53)55-8)26-42(40)56-27-30(3)4/h9-12,14,16-26,29-30H,13,15,27-28H2,1-8H3,(H,48,51)(H,49,52)(H,50,54). The number of anilines is 3. The zero-order chi connectivity index (χ0) is 42.0. The van der Waals surface area contributed by atoms with Gasteiger partial charge in [-0.3, -0.25) is 14.9 Å². The largest absolute Gasteiger partial charge is 0.491 e. The lowest BCUT2D eigenvalue weighted by Gasteiger charge is -2.21. The van der Waals surface area contributed by atoms with Crippen LogP contribution < -0.4 is 25.4 Å². The molecule has 5 rings (SSSR count). The molecule has 0 spiro atoms. The van der Waals surface area contributed by atoms with Crippen molar-refractivity contribution < 1.29 is 38.1 Å². The number of aryl methyl sites for hydroxylation is 1. The predicted octanol–water partition coefficient (Wildman–Crippen LogP) is 10.7. The minimum atomic E-state index is -0.672. The normalized spacial score (nSPS) is 11.3. The number of nitrogens with one attached hydrogen (secondary N) is 3. The Kier molecular flexibility index (Phi) is 14.2. The molecular formula is C47H53N3O8. The van der Waals surface area contributed by atoms with Gasteiger partial charge in [0.25, 0.3) is 11.8 Å². The van der Waals surface area contributed by atoms with Gasteiger partial charge in [0.05, 0.1) is 30.7 Å². The zero-order valence-electron chi connectivity index (χ0n) is 34.5. The molecule has 3 N–H and O–H groups in total. The molecule has 11 nitrogen and oxygen atoms in total.